The largest absolute Gasteiger partial charge is 0.494 e. The van der Waals surface area contributed by atoms with E-state index in [4.69, 9.17) is 9.72 Å². The van der Waals surface area contributed by atoms with Crippen LogP contribution in [0.25, 0.3) is 33.1 Å². The minimum atomic E-state index is -0.452. The number of fused-ring (bicyclic) bond motifs is 2. The second-order valence-electron chi connectivity index (χ2n) is 9.75. The third-order valence-corrected chi connectivity index (χ3v) is 6.69. The van der Waals surface area contributed by atoms with E-state index in [1.165, 1.54) is 12.7 Å². The molecule has 0 unspecified atom stereocenters. The fraction of sp³-hybridized carbons (Fsp3) is 0.194. The lowest BCUT2D eigenvalue weighted by Crippen LogP contribution is -2.27. The summed E-state index contributed by atoms with van der Waals surface area (Å²) >= 11 is 0. The van der Waals surface area contributed by atoms with E-state index in [0.29, 0.717) is 46.0 Å². The second kappa shape index (κ2) is 11.0. The first-order chi connectivity index (χ1) is 18.8. The van der Waals surface area contributed by atoms with Crippen molar-refractivity contribution in [3.05, 3.63) is 89.5 Å². The van der Waals surface area contributed by atoms with Crippen LogP contribution in [0.4, 0.5) is 5.69 Å². The molecular formula is C31H30N4O4. The fourth-order valence-corrected chi connectivity index (χ4v) is 4.58. The molecule has 0 saturated heterocycles. The molecule has 2 heterocycles. The summed E-state index contributed by atoms with van der Waals surface area (Å²) in [4.78, 5) is 32.0. The Bertz CT molecular complexity index is 1670. The molecule has 5 aromatic rings. The highest BCUT2D eigenvalue weighted by molar-refractivity contribution is 6.03. The first-order valence-corrected chi connectivity index (χ1v) is 12.8. The van der Waals surface area contributed by atoms with Crippen molar-refractivity contribution in [1.29, 1.82) is 0 Å². The van der Waals surface area contributed by atoms with Crippen molar-refractivity contribution in [2.24, 2.45) is 0 Å². The molecule has 8 nitrogen and oxygen atoms in total. The molecular weight excluding hydrogens is 492 g/mol. The van der Waals surface area contributed by atoms with Crippen LogP contribution in [0.1, 0.15) is 41.3 Å². The molecule has 0 fully saturated rings. The normalized spacial score (nSPS) is 11.3. The molecule has 3 aromatic carbocycles. The van der Waals surface area contributed by atoms with Crippen LogP contribution in [0.2, 0.25) is 0 Å². The minimum absolute atomic E-state index is 0.0360. The van der Waals surface area contributed by atoms with Gasteiger partial charge in [-0.1, -0.05) is 50.2 Å². The monoisotopic (exact) mass is 522 g/mol. The second-order valence-corrected chi connectivity index (χ2v) is 9.75. The predicted molar refractivity (Wildman–Crippen MR) is 153 cm³/mol. The number of aromatic nitrogens is 2. The summed E-state index contributed by atoms with van der Waals surface area (Å²) in [7, 11) is 1.32. The third-order valence-electron chi connectivity index (χ3n) is 6.69. The number of nitrogens with zero attached hydrogens (tertiary/aromatic N) is 1. The number of benzene rings is 3. The lowest BCUT2D eigenvalue weighted by Gasteiger charge is -2.10. The van der Waals surface area contributed by atoms with E-state index in [2.05, 4.69) is 53.7 Å². The zero-order valence-electron chi connectivity index (χ0n) is 22.0. The number of methoxy groups -OCH3 is 1. The molecule has 0 aliphatic heterocycles. The maximum atomic E-state index is 12.5. The van der Waals surface area contributed by atoms with Gasteiger partial charge in [-0.2, -0.15) is 0 Å². The van der Waals surface area contributed by atoms with Gasteiger partial charge >= 0.3 is 5.97 Å². The van der Waals surface area contributed by atoms with Crippen molar-refractivity contribution in [2.45, 2.75) is 26.3 Å². The molecule has 5 rings (SSSR count). The quantitative estimate of drug-likeness (QED) is 0.194. The van der Waals surface area contributed by atoms with Crippen LogP contribution >= 0.6 is 0 Å². The SMILES string of the molecule is COC(=O)c1ccc2c(-c3ccc4cc(NC(=O)CNCc5ccc(C(C)C)cc5)ccc4n3)c(O)[nH]c2c1. The standard InChI is InChI=1S/C31H30N4O4/c1-18(2)20-6-4-19(5-7-20)16-32-17-28(36)33-23-10-13-25-21(14-23)9-12-26(34-25)29-24-11-8-22(31(38)39-3)15-27(24)35-30(29)37/h4-15,18,32,35,37H,16-17H2,1-3H3,(H,33,36). The Morgan fingerprint density at radius 2 is 1.79 bits per heavy atom. The molecule has 2 aromatic heterocycles. The van der Waals surface area contributed by atoms with E-state index >= 15 is 0 Å². The molecule has 39 heavy (non-hydrogen) atoms. The van der Waals surface area contributed by atoms with Crippen LogP contribution in [0.5, 0.6) is 5.88 Å². The smallest absolute Gasteiger partial charge is 0.337 e. The van der Waals surface area contributed by atoms with Gasteiger partial charge in [-0.25, -0.2) is 9.78 Å². The lowest BCUT2D eigenvalue weighted by atomic mass is 10.0. The zero-order valence-corrected chi connectivity index (χ0v) is 22.0. The first-order valence-electron chi connectivity index (χ1n) is 12.8. The van der Waals surface area contributed by atoms with Crippen LogP contribution in [0.3, 0.4) is 0 Å². The van der Waals surface area contributed by atoms with E-state index in [0.717, 1.165) is 16.3 Å². The molecule has 4 N–H and O–H groups in total. The number of hydrogen-bond donors (Lipinski definition) is 4. The van der Waals surface area contributed by atoms with E-state index in [-0.39, 0.29) is 18.3 Å². The van der Waals surface area contributed by atoms with Crippen molar-refractivity contribution in [3.63, 3.8) is 0 Å². The molecule has 0 radical (unpaired) electrons. The van der Waals surface area contributed by atoms with Crippen LogP contribution in [-0.4, -0.2) is 40.6 Å². The number of nitrogens with one attached hydrogen (secondary N) is 3. The number of amides is 1. The van der Waals surface area contributed by atoms with Gasteiger partial charge in [0.25, 0.3) is 0 Å². The summed E-state index contributed by atoms with van der Waals surface area (Å²) in [6.45, 7) is 5.13. The van der Waals surface area contributed by atoms with Crippen molar-refractivity contribution in [3.8, 4) is 17.1 Å². The van der Waals surface area contributed by atoms with Gasteiger partial charge in [-0.05, 0) is 53.4 Å². The molecule has 8 heteroatoms. The first kappa shape index (κ1) is 25.9. The summed E-state index contributed by atoms with van der Waals surface area (Å²) in [5.41, 5.74) is 5.93. The minimum Gasteiger partial charge on any atom is -0.494 e. The molecule has 0 saturated carbocycles. The number of esters is 1. The van der Waals surface area contributed by atoms with E-state index < -0.39 is 5.97 Å². The van der Waals surface area contributed by atoms with Crippen molar-refractivity contribution < 1.29 is 19.4 Å². The number of pyridine rings is 1. The zero-order chi connectivity index (χ0) is 27.5. The van der Waals surface area contributed by atoms with E-state index in [9.17, 15) is 14.7 Å². The Labute approximate surface area is 226 Å². The number of aromatic hydroxyl groups is 1. The summed E-state index contributed by atoms with van der Waals surface area (Å²) < 4.78 is 4.78. The Morgan fingerprint density at radius 1 is 1.00 bits per heavy atom. The maximum Gasteiger partial charge on any atom is 0.337 e. The van der Waals surface area contributed by atoms with Crippen LogP contribution < -0.4 is 10.6 Å². The number of aromatic amines is 1. The maximum absolute atomic E-state index is 12.5. The van der Waals surface area contributed by atoms with Crippen molar-refractivity contribution in [2.75, 3.05) is 19.0 Å². The highest BCUT2D eigenvalue weighted by Crippen LogP contribution is 2.37. The van der Waals surface area contributed by atoms with Crippen molar-refractivity contribution >= 4 is 39.4 Å². The van der Waals surface area contributed by atoms with Gasteiger partial charge in [0.1, 0.15) is 0 Å². The third kappa shape index (κ3) is 5.61. The fourth-order valence-electron chi connectivity index (χ4n) is 4.58. The Hall–Kier alpha value is -4.69. The number of carbonyl (C=O) groups is 2. The Morgan fingerprint density at radius 3 is 2.54 bits per heavy atom. The Kier molecular flexibility index (Phi) is 7.29. The molecule has 198 valence electrons. The topological polar surface area (TPSA) is 116 Å². The number of anilines is 1. The number of ether oxygens (including phenoxy) is 1. The number of hydrogen-bond acceptors (Lipinski definition) is 6. The van der Waals surface area contributed by atoms with Gasteiger partial charge in [-0.3, -0.25) is 4.79 Å². The number of H-pyrrole nitrogens is 1. The van der Waals surface area contributed by atoms with Crippen LogP contribution in [0.15, 0.2) is 72.8 Å². The van der Waals surface area contributed by atoms with Gasteiger partial charge in [-0.15, -0.1) is 0 Å². The van der Waals surface area contributed by atoms with E-state index in [1.54, 1.807) is 24.3 Å². The highest BCUT2D eigenvalue weighted by atomic mass is 16.5. The molecule has 0 aliphatic rings. The number of carbonyl (C=O) groups excluding carboxylic acids is 2. The van der Waals surface area contributed by atoms with Gasteiger partial charge in [0, 0.05) is 28.5 Å². The van der Waals surface area contributed by atoms with Crippen molar-refractivity contribution in [1.82, 2.24) is 15.3 Å². The van der Waals surface area contributed by atoms with Gasteiger partial charge in [0.15, 0.2) is 5.88 Å². The van der Waals surface area contributed by atoms with Gasteiger partial charge in [0.05, 0.1) is 36.0 Å². The molecule has 1 amide bonds. The summed E-state index contributed by atoms with van der Waals surface area (Å²) in [5.74, 6) is -0.129. The molecule has 0 atom stereocenters. The number of rotatable bonds is 8. The van der Waals surface area contributed by atoms with Crippen LogP contribution in [0, 0.1) is 0 Å². The lowest BCUT2D eigenvalue weighted by molar-refractivity contribution is -0.115. The van der Waals surface area contributed by atoms with Gasteiger partial charge in [0.2, 0.25) is 5.91 Å². The molecule has 0 aliphatic carbocycles. The van der Waals surface area contributed by atoms with E-state index in [1.807, 2.05) is 24.3 Å². The molecule has 0 bridgehead atoms. The average molecular weight is 523 g/mol. The molecule has 0 spiro atoms. The summed E-state index contributed by atoms with van der Waals surface area (Å²) in [5, 5.41) is 18.3. The Balaban J connectivity index is 1.26. The van der Waals surface area contributed by atoms with Crippen LogP contribution in [-0.2, 0) is 16.1 Å². The highest BCUT2D eigenvalue weighted by Gasteiger charge is 2.17. The summed E-state index contributed by atoms with van der Waals surface area (Å²) in [6, 6.07) is 22.7. The summed E-state index contributed by atoms with van der Waals surface area (Å²) in [6.07, 6.45) is 0. The predicted octanol–water partition coefficient (Wildman–Crippen LogP) is 5.73. The van der Waals surface area contributed by atoms with Gasteiger partial charge < -0.3 is 25.5 Å². The average Bonchev–Trinajstić information content (AvgIpc) is 3.27.